The highest BCUT2D eigenvalue weighted by Gasteiger charge is 2.24. The summed E-state index contributed by atoms with van der Waals surface area (Å²) in [7, 11) is 1.61. The summed E-state index contributed by atoms with van der Waals surface area (Å²) in [6, 6.07) is 5.49. The molecule has 0 spiro atoms. The molecule has 4 heteroatoms. The summed E-state index contributed by atoms with van der Waals surface area (Å²) in [4.78, 5) is 0. The Morgan fingerprint density at radius 1 is 1.29 bits per heavy atom. The molecule has 0 fully saturated rings. The maximum absolute atomic E-state index is 9.51. The van der Waals surface area contributed by atoms with Gasteiger partial charge in [-0.2, -0.15) is 0 Å². The summed E-state index contributed by atoms with van der Waals surface area (Å²) in [5.74, 6) is 0.714. The third-order valence-corrected chi connectivity index (χ3v) is 3.23. The maximum Gasteiger partial charge on any atom is 0.122 e. The monoisotopic (exact) mass is 238 g/mol. The number of hydrogen-bond donors (Lipinski definition) is 3. The first kappa shape index (κ1) is 13.6. The van der Waals surface area contributed by atoms with Gasteiger partial charge in [-0.3, -0.25) is 0 Å². The quantitative estimate of drug-likeness (QED) is 0.665. The van der Waals surface area contributed by atoms with E-state index >= 15 is 0 Å². The molecule has 0 aliphatic heterocycles. The molecule has 0 saturated carbocycles. The second-order valence-electron chi connectivity index (χ2n) is 4.27. The molecule has 0 bridgehead atoms. The van der Waals surface area contributed by atoms with Crippen molar-refractivity contribution >= 4 is 11.4 Å². The van der Waals surface area contributed by atoms with E-state index in [9.17, 15) is 5.11 Å². The van der Waals surface area contributed by atoms with Crippen molar-refractivity contribution in [1.82, 2.24) is 0 Å². The van der Waals surface area contributed by atoms with Crippen LogP contribution in [-0.2, 0) is 0 Å². The molecular weight excluding hydrogens is 216 g/mol. The summed E-state index contributed by atoms with van der Waals surface area (Å²) in [5.41, 5.74) is 7.02. The van der Waals surface area contributed by atoms with Crippen molar-refractivity contribution in [2.45, 2.75) is 32.2 Å². The van der Waals surface area contributed by atoms with Gasteiger partial charge in [-0.15, -0.1) is 0 Å². The van der Waals surface area contributed by atoms with E-state index in [4.69, 9.17) is 10.5 Å². The molecule has 0 saturated heterocycles. The number of ether oxygens (including phenoxy) is 1. The molecule has 96 valence electrons. The molecule has 0 unspecified atom stereocenters. The van der Waals surface area contributed by atoms with Crippen LogP contribution in [0.15, 0.2) is 18.2 Å². The van der Waals surface area contributed by atoms with E-state index in [0.29, 0.717) is 11.4 Å². The average Bonchev–Trinajstić information content (AvgIpc) is 2.35. The molecular formula is C13H22N2O2. The SMILES string of the molecule is CCC(CC)(CO)Nc1cc(N)cc(OC)c1. The summed E-state index contributed by atoms with van der Waals surface area (Å²) in [5, 5.41) is 12.9. The molecule has 1 aromatic rings. The van der Waals surface area contributed by atoms with Crippen molar-refractivity contribution in [3.05, 3.63) is 18.2 Å². The molecule has 0 radical (unpaired) electrons. The van der Waals surface area contributed by atoms with Crippen LogP contribution in [0.25, 0.3) is 0 Å². The number of benzene rings is 1. The second-order valence-corrected chi connectivity index (χ2v) is 4.27. The lowest BCUT2D eigenvalue weighted by Gasteiger charge is -2.32. The van der Waals surface area contributed by atoms with Crippen molar-refractivity contribution in [2.75, 3.05) is 24.8 Å². The van der Waals surface area contributed by atoms with Gasteiger partial charge in [-0.1, -0.05) is 13.8 Å². The Hall–Kier alpha value is -1.42. The molecule has 0 heterocycles. The van der Waals surface area contributed by atoms with Crippen molar-refractivity contribution in [3.8, 4) is 5.75 Å². The van der Waals surface area contributed by atoms with Crippen LogP contribution in [-0.4, -0.2) is 24.4 Å². The van der Waals surface area contributed by atoms with Crippen LogP contribution in [0, 0.1) is 0 Å². The number of aliphatic hydroxyl groups is 1. The third kappa shape index (κ3) is 3.27. The van der Waals surface area contributed by atoms with E-state index in [-0.39, 0.29) is 12.1 Å². The van der Waals surface area contributed by atoms with Gasteiger partial charge in [-0.05, 0) is 18.9 Å². The van der Waals surface area contributed by atoms with Gasteiger partial charge in [0.05, 0.1) is 19.3 Å². The van der Waals surface area contributed by atoms with Crippen molar-refractivity contribution in [1.29, 1.82) is 0 Å². The smallest absolute Gasteiger partial charge is 0.122 e. The van der Waals surface area contributed by atoms with Crippen LogP contribution in [0.4, 0.5) is 11.4 Å². The first-order valence-electron chi connectivity index (χ1n) is 5.92. The molecule has 0 aliphatic rings. The van der Waals surface area contributed by atoms with Crippen LogP contribution in [0.3, 0.4) is 0 Å². The van der Waals surface area contributed by atoms with Crippen LogP contribution in [0.1, 0.15) is 26.7 Å². The fourth-order valence-corrected chi connectivity index (χ4v) is 1.81. The Morgan fingerprint density at radius 3 is 2.41 bits per heavy atom. The molecule has 4 nitrogen and oxygen atoms in total. The molecule has 0 aliphatic carbocycles. The number of nitrogens with two attached hydrogens (primary N) is 1. The minimum absolute atomic E-state index is 0.0944. The zero-order valence-corrected chi connectivity index (χ0v) is 10.8. The van der Waals surface area contributed by atoms with Gasteiger partial charge in [-0.25, -0.2) is 0 Å². The highest BCUT2D eigenvalue weighted by Crippen LogP contribution is 2.27. The Kier molecular flexibility index (Phi) is 4.63. The van der Waals surface area contributed by atoms with Crippen molar-refractivity contribution in [3.63, 3.8) is 0 Å². The zero-order valence-electron chi connectivity index (χ0n) is 10.8. The normalized spacial score (nSPS) is 11.3. The third-order valence-electron chi connectivity index (χ3n) is 3.23. The van der Waals surface area contributed by atoms with E-state index < -0.39 is 0 Å². The highest BCUT2D eigenvalue weighted by molar-refractivity contribution is 5.60. The van der Waals surface area contributed by atoms with Gasteiger partial charge in [0.2, 0.25) is 0 Å². The van der Waals surface area contributed by atoms with E-state index in [2.05, 4.69) is 19.2 Å². The number of nitrogen functional groups attached to an aromatic ring is 1. The molecule has 4 N–H and O–H groups in total. The van der Waals surface area contributed by atoms with E-state index in [1.165, 1.54) is 0 Å². The van der Waals surface area contributed by atoms with Gasteiger partial charge < -0.3 is 20.9 Å². The molecule has 1 rings (SSSR count). The molecule has 0 aromatic heterocycles. The predicted octanol–water partition coefficient (Wildman–Crippen LogP) is 2.24. The fourth-order valence-electron chi connectivity index (χ4n) is 1.81. The van der Waals surface area contributed by atoms with Crippen molar-refractivity contribution < 1.29 is 9.84 Å². The molecule has 1 aromatic carbocycles. The van der Waals surface area contributed by atoms with Gasteiger partial charge in [0.25, 0.3) is 0 Å². The highest BCUT2D eigenvalue weighted by atomic mass is 16.5. The predicted molar refractivity (Wildman–Crippen MR) is 71.4 cm³/mol. The minimum atomic E-state index is -0.293. The van der Waals surface area contributed by atoms with Gasteiger partial charge in [0, 0.05) is 23.5 Å². The first-order valence-corrected chi connectivity index (χ1v) is 5.92. The van der Waals surface area contributed by atoms with E-state index in [1.807, 2.05) is 12.1 Å². The van der Waals surface area contributed by atoms with E-state index in [1.54, 1.807) is 13.2 Å². The standard InChI is InChI=1S/C13H22N2O2/c1-4-13(5-2,9-16)15-11-6-10(14)7-12(8-11)17-3/h6-8,15-16H,4-5,9,14H2,1-3H3. The van der Waals surface area contributed by atoms with Crippen LogP contribution < -0.4 is 15.8 Å². The van der Waals surface area contributed by atoms with Crippen LogP contribution in [0.2, 0.25) is 0 Å². The van der Waals surface area contributed by atoms with Gasteiger partial charge >= 0.3 is 0 Å². The maximum atomic E-state index is 9.51. The van der Waals surface area contributed by atoms with Gasteiger partial charge in [0.1, 0.15) is 5.75 Å². The first-order chi connectivity index (χ1) is 8.09. The molecule has 0 atom stereocenters. The Morgan fingerprint density at radius 2 is 1.94 bits per heavy atom. The summed E-state index contributed by atoms with van der Waals surface area (Å²) >= 11 is 0. The number of methoxy groups -OCH3 is 1. The van der Waals surface area contributed by atoms with Crippen LogP contribution in [0.5, 0.6) is 5.75 Å². The summed E-state index contributed by atoms with van der Waals surface area (Å²) in [6.45, 7) is 4.20. The number of nitrogens with one attached hydrogen (secondary N) is 1. The zero-order chi connectivity index (χ0) is 12.9. The number of rotatable bonds is 6. The lowest BCUT2D eigenvalue weighted by molar-refractivity contribution is 0.202. The lowest BCUT2D eigenvalue weighted by atomic mass is 9.93. The Labute approximate surface area is 103 Å². The van der Waals surface area contributed by atoms with Crippen molar-refractivity contribution in [2.24, 2.45) is 0 Å². The van der Waals surface area contributed by atoms with Crippen LogP contribution >= 0.6 is 0 Å². The topological polar surface area (TPSA) is 67.5 Å². The lowest BCUT2D eigenvalue weighted by Crippen LogP contribution is -2.40. The second kappa shape index (κ2) is 5.77. The number of hydrogen-bond acceptors (Lipinski definition) is 4. The molecule has 17 heavy (non-hydrogen) atoms. The molecule has 0 amide bonds. The summed E-state index contributed by atoms with van der Waals surface area (Å²) in [6.07, 6.45) is 1.69. The number of anilines is 2. The summed E-state index contributed by atoms with van der Waals surface area (Å²) < 4.78 is 5.17. The number of aliphatic hydroxyl groups excluding tert-OH is 1. The van der Waals surface area contributed by atoms with Gasteiger partial charge in [0.15, 0.2) is 0 Å². The van der Waals surface area contributed by atoms with E-state index in [0.717, 1.165) is 18.5 Å². The minimum Gasteiger partial charge on any atom is -0.497 e. The average molecular weight is 238 g/mol. The largest absolute Gasteiger partial charge is 0.497 e. The fraction of sp³-hybridized carbons (Fsp3) is 0.538. The Balaban J connectivity index is 2.96. The Bertz CT molecular complexity index is 354.